The predicted octanol–water partition coefficient (Wildman–Crippen LogP) is 0.627. The van der Waals surface area contributed by atoms with Crippen molar-refractivity contribution in [2.45, 2.75) is 6.17 Å². The Bertz CT molecular complexity index is 62.0. The smallest absolute Gasteiger partial charge is 0.0765 e. The third-order valence-electron chi connectivity index (χ3n) is 0.863. The van der Waals surface area contributed by atoms with E-state index in [0.29, 0.717) is 6.17 Å². The van der Waals surface area contributed by atoms with E-state index in [1.54, 1.807) is 0 Å². The van der Waals surface area contributed by atoms with Crippen molar-refractivity contribution in [2.75, 3.05) is 11.6 Å². The maximum atomic E-state index is 5.58. The van der Waals surface area contributed by atoms with Crippen LogP contribution in [0.4, 0.5) is 0 Å². The molecule has 0 aliphatic carbocycles. The van der Waals surface area contributed by atoms with E-state index < -0.39 is 0 Å². The molecule has 1 saturated heterocycles. The lowest BCUT2D eigenvalue weighted by molar-refractivity contribution is 0.501. The molecule has 0 radical (unpaired) electrons. The summed E-state index contributed by atoms with van der Waals surface area (Å²) in [5.41, 5.74) is 5.58. The van der Waals surface area contributed by atoms with Crippen LogP contribution in [-0.4, -0.2) is 20.9 Å². The molecule has 1 unspecified atom stereocenters. The molecule has 4 heteroatoms. The quantitative estimate of drug-likeness (QED) is 0.488. The highest BCUT2D eigenvalue weighted by molar-refractivity contribution is 14.1. The first kappa shape index (κ1) is 6.12. The molecule has 7 heavy (non-hydrogen) atoms. The molecule has 0 saturated carbocycles. The van der Waals surface area contributed by atoms with Crippen LogP contribution in [0.5, 0.6) is 0 Å². The van der Waals surface area contributed by atoms with Crippen LogP contribution in [0.15, 0.2) is 0 Å². The lowest BCUT2D eigenvalue weighted by atomic mass is 10.6. The largest absolute Gasteiger partial charge is 0.314 e. The van der Waals surface area contributed by atoms with Gasteiger partial charge in [-0.05, 0) is 0 Å². The van der Waals surface area contributed by atoms with Gasteiger partial charge in [0.05, 0.1) is 12.0 Å². The molecule has 0 aromatic rings. The van der Waals surface area contributed by atoms with Crippen molar-refractivity contribution in [2.24, 2.45) is 5.73 Å². The van der Waals surface area contributed by atoms with Gasteiger partial charge < -0.3 is 5.73 Å². The second-order valence-electron chi connectivity index (χ2n) is 1.47. The van der Waals surface area contributed by atoms with E-state index in [1.165, 1.54) is 0 Å². The summed E-state index contributed by atoms with van der Waals surface area (Å²) < 4.78 is 2.11. The van der Waals surface area contributed by atoms with Gasteiger partial charge in [0.2, 0.25) is 0 Å². The highest BCUT2D eigenvalue weighted by Gasteiger charge is 2.17. The molecule has 0 aromatic carbocycles. The summed E-state index contributed by atoms with van der Waals surface area (Å²) >= 11 is 4.13. The molecule has 1 atom stereocenters. The first-order valence-electron chi connectivity index (χ1n) is 2.06. The zero-order valence-corrected chi connectivity index (χ0v) is 6.78. The van der Waals surface area contributed by atoms with Gasteiger partial charge in [-0.25, -0.2) is 3.11 Å². The molecule has 42 valence electrons. The molecular formula is C3H7IN2S. The summed E-state index contributed by atoms with van der Waals surface area (Å²) in [4.78, 5) is 0. The summed E-state index contributed by atoms with van der Waals surface area (Å²) in [5.74, 6) is 2.17. The van der Waals surface area contributed by atoms with Crippen molar-refractivity contribution in [3.63, 3.8) is 0 Å². The standard InChI is InChI=1S/C3H7IN2S/c4-6-2-7-1-3(6)5/h3H,1-2,5H2. The van der Waals surface area contributed by atoms with Crippen molar-refractivity contribution in [3.05, 3.63) is 0 Å². The Kier molecular flexibility index (Phi) is 2.21. The van der Waals surface area contributed by atoms with E-state index in [-0.39, 0.29) is 0 Å². The van der Waals surface area contributed by atoms with Gasteiger partial charge in [0.25, 0.3) is 0 Å². The molecule has 0 aromatic heterocycles. The Morgan fingerprint density at radius 2 is 2.57 bits per heavy atom. The van der Waals surface area contributed by atoms with Gasteiger partial charge in [-0.3, -0.25) is 0 Å². The molecule has 2 N–H and O–H groups in total. The number of thioether (sulfide) groups is 1. The van der Waals surface area contributed by atoms with Crippen molar-refractivity contribution < 1.29 is 0 Å². The van der Waals surface area contributed by atoms with E-state index in [9.17, 15) is 0 Å². The second kappa shape index (κ2) is 2.52. The van der Waals surface area contributed by atoms with Crippen LogP contribution in [0.25, 0.3) is 0 Å². The average Bonchev–Trinajstić information content (AvgIpc) is 1.91. The van der Waals surface area contributed by atoms with Crippen molar-refractivity contribution in [3.8, 4) is 0 Å². The fourth-order valence-electron chi connectivity index (χ4n) is 0.437. The van der Waals surface area contributed by atoms with E-state index in [1.807, 2.05) is 11.8 Å². The molecule has 0 spiro atoms. The zero-order chi connectivity index (χ0) is 5.28. The lowest BCUT2D eigenvalue weighted by Crippen LogP contribution is -2.30. The van der Waals surface area contributed by atoms with Gasteiger partial charge in [-0.2, -0.15) is 0 Å². The molecule has 1 heterocycles. The minimum atomic E-state index is 0.297. The van der Waals surface area contributed by atoms with Crippen LogP contribution in [0.1, 0.15) is 0 Å². The predicted molar refractivity (Wildman–Crippen MR) is 41.2 cm³/mol. The molecule has 1 rings (SSSR count). The molecule has 2 nitrogen and oxygen atoms in total. The maximum Gasteiger partial charge on any atom is 0.0765 e. The minimum absolute atomic E-state index is 0.297. The Hall–Kier alpha value is 1.00. The van der Waals surface area contributed by atoms with Crippen LogP contribution in [0.3, 0.4) is 0 Å². The summed E-state index contributed by atoms with van der Waals surface area (Å²) in [6.45, 7) is 0. The zero-order valence-electron chi connectivity index (χ0n) is 3.80. The Balaban J connectivity index is 2.33. The molecule has 1 aliphatic heterocycles. The van der Waals surface area contributed by atoms with Gasteiger partial charge in [-0.1, -0.05) is 0 Å². The number of nitrogens with two attached hydrogens (primary N) is 1. The van der Waals surface area contributed by atoms with Crippen molar-refractivity contribution in [1.29, 1.82) is 0 Å². The van der Waals surface area contributed by atoms with E-state index in [2.05, 4.69) is 26.0 Å². The number of halogens is 1. The molecule has 1 fully saturated rings. The summed E-state index contributed by atoms with van der Waals surface area (Å²) in [7, 11) is 0. The fourth-order valence-corrected chi connectivity index (χ4v) is 2.39. The highest BCUT2D eigenvalue weighted by atomic mass is 127. The third kappa shape index (κ3) is 1.45. The number of nitrogens with zero attached hydrogens (tertiary/aromatic N) is 1. The molecule has 0 bridgehead atoms. The molecule has 1 aliphatic rings. The fraction of sp³-hybridized carbons (Fsp3) is 1.00. The van der Waals surface area contributed by atoms with Crippen molar-refractivity contribution in [1.82, 2.24) is 3.11 Å². The first-order chi connectivity index (χ1) is 3.30. The Morgan fingerprint density at radius 3 is 2.71 bits per heavy atom. The van der Waals surface area contributed by atoms with Gasteiger partial charge in [0.15, 0.2) is 0 Å². The monoisotopic (exact) mass is 230 g/mol. The number of hydrogen-bond donors (Lipinski definition) is 1. The number of rotatable bonds is 0. The van der Waals surface area contributed by atoms with Crippen LogP contribution < -0.4 is 5.73 Å². The van der Waals surface area contributed by atoms with Crippen LogP contribution >= 0.6 is 34.6 Å². The molecule has 0 amide bonds. The van der Waals surface area contributed by atoms with E-state index in [4.69, 9.17) is 5.73 Å². The Labute approximate surface area is 61.3 Å². The van der Waals surface area contributed by atoms with Crippen LogP contribution in [-0.2, 0) is 0 Å². The van der Waals surface area contributed by atoms with Gasteiger partial charge in [-0.15, -0.1) is 11.8 Å². The van der Waals surface area contributed by atoms with Crippen LogP contribution in [0, 0.1) is 0 Å². The summed E-state index contributed by atoms with van der Waals surface area (Å²) in [6.07, 6.45) is 0.297. The SMILES string of the molecule is NC1CSCN1I. The minimum Gasteiger partial charge on any atom is -0.314 e. The van der Waals surface area contributed by atoms with Gasteiger partial charge >= 0.3 is 0 Å². The topological polar surface area (TPSA) is 29.3 Å². The average molecular weight is 230 g/mol. The molecular weight excluding hydrogens is 223 g/mol. The third-order valence-corrected chi connectivity index (χ3v) is 3.42. The highest BCUT2D eigenvalue weighted by Crippen LogP contribution is 2.20. The lowest BCUT2D eigenvalue weighted by Gasteiger charge is -2.07. The second-order valence-corrected chi connectivity index (χ2v) is 3.71. The normalized spacial score (nSPS) is 34.3. The van der Waals surface area contributed by atoms with Gasteiger partial charge in [0, 0.05) is 28.6 Å². The van der Waals surface area contributed by atoms with E-state index in [0.717, 1.165) is 11.6 Å². The van der Waals surface area contributed by atoms with Crippen molar-refractivity contribution >= 4 is 34.6 Å². The number of hydrogen-bond acceptors (Lipinski definition) is 3. The van der Waals surface area contributed by atoms with Gasteiger partial charge in [0.1, 0.15) is 0 Å². The first-order valence-corrected chi connectivity index (χ1v) is 4.18. The summed E-state index contributed by atoms with van der Waals surface area (Å²) in [6, 6.07) is 0. The Morgan fingerprint density at radius 1 is 1.86 bits per heavy atom. The maximum absolute atomic E-state index is 5.58. The van der Waals surface area contributed by atoms with Crippen LogP contribution in [0.2, 0.25) is 0 Å². The summed E-state index contributed by atoms with van der Waals surface area (Å²) in [5, 5.41) is 0. The van der Waals surface area contributed by atoms with E-state index >= 15 is 0 Å².